The van der Waals surface area contributed by atoms with Crippen molar-refractivity contribution in [1.29, 1.82) is 0 Å². The molecule has 13 heteroatoms. The molecule has 0 radical (unpaired) electrons. The molecule has 0 aromatic heterocycles. The number of rotatable bonds is 12. The third-order valence-electron chi connectivity index (χ3n) is 11.2. The molecule has 292 valence electrons. The molecule has 12 nitrogen and oxygen atoms in total. The lowest BCUT2D eigenvalue weighted by Gasteiger charge is -2.52. The Labute approximate surface area is 327 Å². The smallest absolute Gasteiger partial charge is 0.335 e. The number of aliphatic carboxylic acids is 1. The largest absolute Gasteiger partial charge is 0.481 e. The van der Waals surface area contributed by atoms with Crippen LogP contribution < -0.4 is 15.5 Å². The van der Waals surface area contributed by atoms with E-state index >= 15 is 0 Å². The van der Waals surface area contributed by atoms with Crippen molar-refractivity contribution in [1.82, 2.24) is 4.31 Å². The van der Waals surface area contributed by atoms with E-state index in [9.17, 15) is 28.5 Å². The van der Waals surface area contributed by atoms with Gasteiger partial charge in [0.15, 0.2) is 0 Å². The van der Waals surface area contributed by atoms with Crippen molar-refractivity contribution in [3.05, 3.63) is 119 Å². The first-order valence-electron chi connectivity index (χ1n) is 19.3. The summed E-state index contributed by atoms with van der Waals surface area (Å²) < 4.78 is 21.0. The summed E-state index contributed by atoms with van der Waals surface area (Å²) in [6.07, 6.45) is 6.73. The molecule has 2 heterocycles. The van der Waals surface area contributed by atoms with Crippen LogP contribution in [0.2, 0.25) is 0 Å². The normalized spacial score (nSPS) is 22.1. The van der Waals surface area contributed by atoms with Crippen molar-refractivity contribution in [3.8, 4) is 0 Å². The number of aromatic carboxylic acids is 1. The van der Waals surface area contributed by atoms with Crippen molar-refractivity contribution >= 4 is 50.7 Å². The van der Waals surface area contributed by atoms with Gasteiger partial charge in [-0.15, -0.1) is 0 Å². The number of hydrogen-bond donors (Lipinski definition) is 4. The van der Waals surface area contributed by atoms with E-state index in [0.717, 1.165) is 62.0 Å². The highest BCUT2D eigenvalue weighted by Gasteiger charge is 2.53. The van der Waals surface area contributed by atoms with E-state index < -0.39 is 39.3 Å². The Morgan fingerprint density at radius 2 is 1.45 bits per heavy atom. The van der Waals surface area contributed by atoms with Crippen LogP contribution in [0.15, 0.2) is 100 Å². The minimum Gasteiger partial charge on any atom is -0.481 e. The van der Waals surface area contributed by atoms with E-state index in [-0.39, 0.29) is 17.0 Å². The summed E-state index contributed by atoms with van der Waals surface area (Å²) in [6, 6.07) is 26.5. The molecule has 4 aromatic rings. The summed E-state index contributed by atoms with van der Waals surface area (Å²) in [4.78, 5) is 53.2. The van der Waals surface area contributed by atoms with E-state index in [1.165, 1.54) is 0 Å². The molecule has 1 spiro atoms. The van der Waals surface area contributed by atoms with Crippen molar-refractivity contribution in [2.75, 3.05) is 35.2 Å². The molecule has 2 aliphatic heterocycles. The molecular weight excluding hydrogens is 731 g/mol. The maximum absolute atomic E-state index is 14.3. The van der Waals surface area contributed by atoms with Crippen LogP contribution in [0.5, 0.6) is 0 Å². The van der Waals surface area contributed by atoms with Gasteiger partial charge in [0.25, 0.3) is 11.8 Å². The minimum atomic E-state index is -2.99. The van der Waals surface area contributed by atoms with Crippen LogP contribution in [0.3, 0.4) is 0 Å². The topological polar surface area (TPSA) is 169 Å². The van der Waals surface area contributed by atoms with Crippen molar-refractivity contribution < 1.29 is 33.6 Å². The number of nitrogens with one attached hydrogen (secondary N) is 2. The fourth-order valence-corrected chi connectivity index (χ4v) is 10.7. The molecule has 2 fully saturated rings. The number of piperidine rings is 1. The standard InChI is InChI=1S/C43H47N5O7S/c1-2-48-43(23-21-32(22-24-43)42(53)54)46-56(48,55)36-8-6-7-33(27-36)39(49)45-38-20-19-35(47-25-4-3-5-26-47)28-37(38)40(50)44-34-17-13-30(14-18-34)10-9-29-11-15-31(16-12-29)41(51)52/h6-8,11-20,27-28,32H,2-5,9-10,21-26H2,1H3,(H,44,50)(H,45,49)(H,51,52)(H,53,54)/t32-,43-,56?. The Hall–Kier alpha value is -5.53. The lowest BCUT2D eigenvalue weighted by atomic mass is 9.82. The van der Waals surface area contributed by atoms with Gasteiger partial charge in [-0.2, -0.15) is 8.67 Å². The number of amides is 2. The van der Waals surface area contributed by atoms with Gasteiger partial charge in [0, 0.05) is 36.6 Å². The fourth-order valence-electron chi connectivity index (χ4n) is 8.07. The molecule has 1 atom stereocenters. The average molecular weight is 778 g/mol. The second kappa shape index (κ2) is 16.3. The number of carbonyl (C=O) groups is 4. The number of carbonyl (C=O) groups excluding carboxylic acids is 2. The number of hydrogen-bond acceptors (Lipinski definition) is 7. The minimum absolute atomic E-state index is 0.252. The molecule has 2 amide bonds. The number of carboxylic acids is 2. The van der Waals surface area contributed by atoms with Gasteiger partial charge >= 0.3 is 11.9 Å². The van der Waals surface area contributed by atoms with E-state index in [2.05, 4.69) is 15.5 Å². The highest BCUT2D eigenvalue weighted by Crippen LogP contribution is 2.48. The summed E-state index contributed by atoms with van der Waals surface area (Å²) >= 11 is 0. The van der Waals surface area contributed by atoms with Crippen LogP contribution in [-0.2, 0) is 27.6 Å². The Bertz CT molecular complexity index is 2250. The predicted octanol–water partition coefficient (Wildman–Crippen LogP) is 7.71. The van der Waals surface area contributed by atoms with Crippen LogP contribution in [0, 0.1) is 5.92 Å². The number of benzene rings is 4. The van der Waals surface area contributed by atoms with E-state index in [0.29, 0.717) is 54.1 Å². The predicted molar refractivity (Wildman–Crippen MR) is 216 cm³/mol. The van der Waals surface area contributed by atoms with Crippen molar-refractivity contribution in [2.45, 2.75) is 75.3 Å². The maximum Gasteiger partial charge on any atom is 0.335 e. The molecule has 1 saturated heterocycles. The zero-order valence-electron chi connectivity index (χ0n) is 31.4. The first-order valence-corrected chi connectivity index (χ1v) is 20.8. The maximum atomic E-state index is 14.3. The van der Waals surface area contributed by atoms with Gasteiger partial charge in [0.05, 0.1) is 27.6 Å². The van der Waals surface area contributed by atoms with Crippen LogP contribution in [-0.4, -0.2) is 67.8 Å². The Morgan fingerprint density at radius 1 is 0.786 bits per heavy atom. The summed E-state index contributed by atoms with van der Waals surface area (Å²) in [5, 5.41) is 24.6. The first-order chi connectivity index (χ1) is 27.0. The van der Waals surface area contributed by atoms with Gasteiger partial charge in [-0.05, 0) is 130 Å². The monoisotopic (exact) mass is 777 g/mol. The van der Waals surface area contributed by atoms with E-state index in [1.54, 1.807) is 42.5 Å². The van der Waals surface area contributed by atoms with Gasteiger partial charge in [-0.3, -0.25) is 14.4 Å². The van der Waals surface area contributed by atoms with Gasteiger partial charge in [0.2, 0.25) is 0 Å². The zero-order chi connectivity index (χ0) is 39.5. The van der Waals surface area contributed by atoms with Gasteiger partial charge in [-0.25, -0.2) is 9.00 Å². The van der Waals surface area contributed by atoms with E-state index in [1.807, 2.05) is 59.8 Å². The summed E-state index contributed by atoms with van der Waals surface area (Å²) in [7, 11) is -2.99. The van der Waals surface area contributed by atoms with Gasteiger partial charge in [0.1, 0.15) is 15.6 Å². The molecule has 0 bridgehead atoms. The Kier molecular flexibility index (Phi) is 11.3. The molecular formula is C43H47N5O7S. The SMILES string of the molecule is CCN1[C@]2(CC[C@H](C(=O)O)CC2)N=S1(=O)c1cccc(C(=O)Nc2ccc(N3CCCCC3)cc2C(=O)Nc2ccc(CCc3ccc(C(=O)O)cc3)cc2)c1. The Morgan fingerprint density at radius 3 is 2.07 bits per heavy atom. The molecule has 3 aliphatic rings. The second-order valence-corrected chi connectivity index (χ2v) is 16.9. The lowest BCUT2D eigenvalue weighted by Crippen LogP contribution is -2.60. The second-order valence-electron chi connectivity index (χ2n) is 14.8. The Balaban J connectivity index is 1.08. The first kappa shape index (κ1) is 38.7. The van der Waals surface area contributed by atoms with Gasteiger partial charge < -0.3 is 25.7 Å². The molecule has 4 N–H and O–H groups in total. The van der Waals surface area contributed by atoms with Crippen LogP contribution in [0.4, 0.5) is 17.1 Å². The fraction of sp³-hybridized carbons (Fsp3) is 0.349. The number of aryl methyl sites for hydroxylation is 2. The van der Waals surface area contributed by atoms with E-state index in [4.69, 9.17) is 9.47 Å². The van der Waals surface area contributed by atoms with Crippen LogP contribution in [0.25, 0.3) is 0 Å². The molecule has 1 aliphatic carbocycles. The molecule has 7 rings (SSSR count). The number of carboxylic acid groups (broad SMARTS) is 2. The number of anilines is 3. The average Bonchev–Trinajstić information content (AvgIpc) is 3.21. The van der Waals surface area contributed by atoms with Gasteiger partial charge in [-0.1, -0.05) is 37.3 Å². The molecule has 1 unspecified atom stereocenters. The third-order valence-corrected chi connectivity index (χ3v) is 13.9. The van der Waals surface area contributed by atoms with Crippen LogP contribution >= 0.6 is 0 Å². The highest BCUT2D eigenvalue weighted by molar-refractivity contribution is 7.92. The summed E-state index contributed by atoms with van der Waals surface area (Å²) in [6.45, 7) is 4.14. The summed E-state index contributed by atoms with van der Waals surface area (Å²) in [5.41, 5.74) is 4.10. The highest BCUT2D eigenvalue weighted by atomic mass is 32.2. The molecule has 1 saturated carbocycles. The summed E-state index contributed by atoms with van der Waals surface area (Å²) in [5.74, 6) is -3.03. The quantitative estimate of drug-likeness (QED) is 0.113. The van der Waals surface area contributed by atoms with Crippen molar-refractivity contribution in [3.63, 3.8) is 0 Å². The molecule has 4 aromatic carbocycles. The van der Waals surface area contributed by atoms with Crippen molar-refractivity contribution in [2.24, 2.45) is 10.3 Å². The molecule has 56 heavy (non-hydrogen) atoms. The number of nitrogens with zero attached hydrogens (tertiary/aromatic N) is 3. The lowest BCUT2D eigenvalue weighted by molar-refractivity contribution is -0.143. The van der Waals surface area contributed by atoms with Crippen LogP contribution in [0.1, 0.15) is 94.1 Å². The zero-order valence-corrected chi connectivity index (χ0v) is 32.2. The third kappa shape index (κ3) is 8.05.